The van der Waals surface area contributed by atoms with Crippen LogP contribution in [0.3, 0.4) is 0 Å². The molecule has 1 saturated heterocycles. The molecule has 0 unspecified atom stereocenters. The Morgan fingerprint density at radius 2 is 1.77 bits per heavy atom. The molecule has 4 nitrogen and oxygen atoms in total. The lowest BCUT2D eigenvalue weighted by molar-refractivity contribution is 0.0944. The van der Waals surface area contributed by atoms with Gasteiger partial charge in [-0.05, 0) is 69.2 Å². The third kappa shape index (κ3) is 5.39. The van der Waals surface area contributed by atoms with Gasteiger partial charge >= 0.3 is 0 Å². The molecule has 2 aromatic carbocycles. The summed E-state index contributed by atoms with van der Waals surface area (Å²) >= 11 is 7.62. The number of amides is 1. The van der Waals surface area contributed by atoms with Crippen LogP contribution in [0.25, 0.3) is 10.9 Å². The van der Waals surface area contributed by atoms with Crippen LogP contribution in [0.15, 0.2) is 58.3 Å². The number of halogens is 1. The van der Waals surface area contributed by atoms with Crippen LogP contribution in [0.2, 0.25) is 5.02 Å². The van der Waals surface area contributed by atoms with Crippen molar-refractivity contribution in [3.05, 3.63) is 59.2 Å². The normalized spacial score (nSPS) is 15.2. The molecule has 0 bridgehead atoms. The van der Waals surface area contributed by atoms with E-state index < -0.39 is 0 Å². The first kappa shape index (κ1) is 21.3. The Labute approximate surface area is 187 Å². The fourth-order valence-corrected chi connectivity index (χ4v) is 5.12. The van der Waals surface area contributed by atoms with Crippen LogP contribution < -0.4 is 5.32 Å². The second-order valence-electron chi connectivity index (χ2n) is 7.80. The predicted octanol–water partition coefficient (Wildman–Crippen LogP) is 5.97. The number of likely N-dealkylation sites (tertiary alicyclic amines) is 1. The zero-order valence-corrected chi connectivity index (χ0v) is 18.7. The molecule has 4 rings (SSSR count). The molecule has 2 N–H and O–H groups in total. The number of nitrogens with one attached hydrogen (secondary N) is 2. The predicted molar refractivity (Wildman–Crippen MR) is 126 cm³/mol. The minimum absolute atomic E-state index is 0.0430. The van der Waals surface area contributed by atoms with Crippen molar-refractivity contribution in [3.63, 3.8) is 0 Å². The van der Waals surface area contributed by atoms with Gasteiger partial charge in [0.2, 0.25) is 0 Å². The Bertz CT molecular complexity index is 978. The van der Waals surface area contributed by atoms with Crippen LogP contribution in [0.5, 0.6) is 0 Å². The summed E-state index contributed by atoms with van der Waals surface area (Å²) in [4.78, 5) is 20.9. The molecule has 0 spiro atoms. The van der Waals surface area contributed by atoms with Crippen molar-refractivity contribution in [1.29, 1.82) is 0 Å². The van der Waals surface area contributed by atoms with Crippen LogP contribution >= 0.6 is 23.4 Å². The molecule has 0 radical (unpaired) electrons. The van der Waals surface area contributed by atoms with Gasteiger partial charge in [-0.25, -0.2) is 0 Å². The van der Waals surface area contributed by atoms with E-state index in [9.17, 15) is 4.79 Å². The van der Waals surface area contributed by atoms with Crippen LogP contribution in [-0.2, 0) is 0 Å². The van der Waals surface area contributed by atoms with E-state index in [0.29, 0.717) is 17.3 Å². The highest BCUT2D eigenvalue weighted by Gasteiger charge is 2.19. The number of hydrogen-bond acceptors (Lipinski definition) is 3. The molecule has 0 atom stereocenters. The standard InChI is InChI=1S/C24H28ClN3OS/c25-18-10-12-19(13-11-18)30-23-20-8-3-4-9-21(20)27-22(23)24(29)26-14-7-17-28-15-5-1-2-6-16-28/h3-4,8-13,27H,1-2,5-7,14-17H2,(H,26,29). The molecule has 1 fully saturated rings. The highest BCUT2D eigenvalue weighted by atomic mass is 35.5. The summed E-state index contributed by atoms with van der Waals surface area (Å²) in [6.45, 7) is 4.13. The van der Waals surface area contributed by atoms with Gasteiger partial charge < -0.3 is 15.2 Å². The van der Waals surface area contributed by atoms with E-state index in [1.807, 2.05) is 42.5 Å². The smallest absolute Gasteiger partial charge is 0.268 e. The van der Waals surface area contributed by atoms with Gasteiger partial charge in [-0.2, -0.15) is 0 Å². The minimum Gasteiger partial charge on any atom is -0.351 e. The molecule has 30 heavy (non-hydrogen) atoms. The van der Waals surface area contributed by atoms with E-state index in [-0.39, 0.29) is 5.91 Å². The largest absolute Gasteiger partial charge is 0.351 e. The Morgan fingerprint density at radius 3 is 2.53 bits per heavy atom. The topological polar surface area (TPSA) is 48.1 Å². The molecule has 0 aliphatic carbocycles. The maximum absolute atomic E-state index is 13.0. The van der Waals surface area contributed by atoms with E-state index in [1.54, 1.807) is 11.8 Å². The van der Waals surface area contributed by atoms with Gasteiger partial charge in [0.1, 0.15) is 5.69 Å². The van der Waals surface area contributed by atoms with Crippen molar-refractivity contribution in [2.45, 2.75) is 41.9 Å². The Morgan fingerprint density at radius 1 is 1.03 bits per heavy atom. The molecule has 1 amide bonds. The van der Waals surface area contributed by atoms with E-state index in [4.69, 9.17) is 11.6 Å². The quantitative estimate of drug-likeness (QED) is 0.444. The van der Waals surface area contributed by atoms with Crippen molar-refractivity contribution in [1.82, 2.24) is 15.2 Å². The molecule has 1 aromatic heterocycles. The summed E-state index contributed by atoms with van der Waals surface area (Å²) in [6.07, 6.45) is 6.27. The molecule has 1 aliphatic heterocycles. The zero-order chi connectivity index (χ0) is 20.8. The number of aromatic amines is 1. The SMILES string of the molecule is O=C(NCCCN1CCCCCC1)c1[nH]c2ccccc2c1Sc1ccc(Cl)cc1. The molecule has 1 aliphatic rings. The van der Waals surface area contributed by atoms with Gasteiger partial charge in [0.05, 0.1) is 4.90 Å². The Kier molecular flexibility index (Phi) is 7.37. The molecule has 0 saturated carbocycles. The third-order valence-corrected chi connectivity index (χ3v) is 6.94. The van der Waals surface area contributed by atoms with Gasteiger partial charge in [-0.1, -0.05) is 54.4 Å². The summed E-state index contributed by atoms with van der Waals surface area (Å²) in [5, 5.41) is 4.89. The van der Waals surface area contributed by atoms with Crippen molar-refractivity contribution >= 4 is 40.2 Å². The average Bonchev–Trinajstić information content (AvgIpc) is 2.93. The van der Waals surface area contributed by atoms with Gasteiger partial charge in [0.25, 0.3) is 5.91 Å². The molecule has 2 heterocycles. The lowest BCUT2D eigenvalue weighted by Crippen LogP contribution is -2.31. The van der Waals surface area contributed by atoms with E-state index in [2.05, 4.69) is 21.3 Å². The van der Waals surface area contributed by atoms with Crippen molar-refractivity contribution in [2.75, 3.05) is 26.2 Å². The van der Waals surface area contributed by atoms with E-state index in [0.717, 1.165) is 33.7 Å². The highest BCUT2D eigenvalue weighted by molar-refractivity contribution is 7.99. The van der Waals surface area contributed by atoms with Crippen molar-refractivity contribution in [2.24, 2.45) is 0 Å². The Hall–Kier alpha value is -1.95. The summed E-state index contributed by atoms with van der Waals surface area (Å²) in [7, 11) is 0. The number of carbonyl (C=O) groups is 1. The van der Waals surface area contributed by atoms with Crippen LogP contribution in [0.4, 0.5) is 0 Å². The number of nitrogens with zero attached hydrogens (tertiary/aromatic N) is 1. The van der Waals surface area contributed by atoms with E-state index in [1.165, 1.54) is 38.8 Å². The summed E-state index contributed by atoms with van der Waals surface area (Å²) < 4.78 is 0. The van der Waals surface area contributed by atoms with Gasteiger partial charge in [-0.3, -0.25) is 4.79 Å². The number of aromatic nitrogens is 1. The van der Waals surface area contributed by atoms with Gasteiger partial charge in [0, 0.05) is 27.4 Å². The molecule has 3 aromatic rings. The lowest BCUT2D eigenvalue weighted by atomic mass is 10.2. The van der Waals surface area contributed by atoms with Gasteiger partial charge in [0.15, 0.2) is 0 Å². The number of hydrogen-bond donors (Lipinski definition) is 2. The highest BCUT2D eigenvalue weighted by Crippen LogP contribution is 2.37. The summed E-state index contributed by atoms with van der Waals surface area (Å²) in [5.41, 5.74) is 1.61. The zero-order valence-electron chi connectivity index (χ0n) is 17.1. The maximum atomic E-state index is 13.0. The second kappa shape index (κ2) is 10.4. The summed E-state index contributed by atoms with van der Waals surface area (Å²) in [6, 6.07) is 15.8. The molecular weight excluding hydrogens is 414 g/mol. The van der Waals surface area contributed by atoms with Crippen molar-refractivity contribution < 1.29 is 4.79 Å². The van der Waals surface area contributed by atoms with Crippen molar-refractivity contribution in [3.8, 4) is 0 Å². The minimum atomic E-state index is -0.0430. The summed E-state index contributed by atoms with van der Waals surface area (Å²) in [5.74, 6) is -0.0430. The number of carbonyl (C=O) groups excluding carboxylic acids is 1. The Balaban J connectivity index is 1.43. The van der Waals surface area contributed by atoms with Crippen LogP contribution in [0.1, 0.15) is 42.6 Å². The number of benzene rings is 2. The first-order valence-corrected chi connectivity index (χ1v) is 11.9. The second-order valence-corrected chi connectivity index (χ2v) is 9.32. The monoisotopic (exact) mass is 441 g/mol. The first-order valence-electron chi connectivity index (χ1n) is 10.8. The fourth-order valence-electron chi connectivity index (χ4n) is 3.96. The maximum Gasteiger partial charge on any atom is 0.268 e. The third-order valence-electron chi connectivity index (χ3n) is 5.55. The fraction of sp³-hybridized carbons (Fsp3) is 0.375. The molecule has 6 heteroatoms. The lowest BCUT2D eigenvalue weighted by Gasteiger charge is -2.19. The van der Waals surface area contributed by atoms with Crippen LogP contribution in [0, 0.1) is 0 Å². The number of fused-ring (bicyclic) bond motifs is 1. The first-order chi connectivity index (χ1) is 14.7. The molecule has 158 valence electrons. The number of H-pyrrole nitrogens is 1. The molecular formula is C24H28ClN3OS. The van der Waals surface area contributed by atoms with Crippen LogP contribution in [-0.4, -0.2) is 42.0 Å². The van der Waals surface area contributed by atoms with Gasteiger partial charge in [-0.15, -0.1) is 0 Å². The number of rotatable bonds is 7. The number of para-hydroxylation sites is 1. The average molecular weight is 442 g/mol. The van der Waals surface area contributed by atoms with E-state index >= 15 is 0 Å².